The van der Waals surface area contributed by atoms with Crippen molar-refractivity contribution < 1.29 is 23.1 Å². The number of phenolic OH excluding ortho intramolecular Hbond substituents is 1. The van der Waals surface area contributed by atoms with E-state index in [1.807, 2.05) is 0 Å². The summed E-state index contributed by atoms with van der Waals surface area (Å²) in [6.45, 7) is 3.79. The molecule has 29 heavy (non-hydrogen) atoms. The SMILES string of the molecule is C=CC(=O)Nc1ccc(O)c(C(=O)N2CCN(S(C)(=O)=O)c3ccccc3C2)c1. The lowest BCUT2D eigenvalue weighted by molar-refractivity contribution is -0.111. The third-order valence-corrected chi connectivity index (χ3v) is 5.74. The van der Waals surface area contributed by atoms with Crippen molar-refractivity contribution in [3.63, 3.8) is 0 Å². The molecule has 1 aliphatic heterocycles. The summed E-state index contributed by atoms with van der Waals surface area (Å²) < 4.78 is 25.7. The summed E-state index contributed by atoms with van der Waals surface area (Å²) in [5.74, 6) is -1.15. The standard InChI is InChI=1S/C20H21N3O5S/c1-3-19(25)21-15-8-9-18(24)16(12-15)20(26)22-10-11-23(29(2,27)28)17-7-5-4-6-14(17)13-22/h3-9,12,24H,1,10-11,13H2,2H3,(H,21,25). The van der Waals surface area contributed by atoms with Gasteiger partial charge in [-0.25, -0.2) is 8.42 Å². The van der Waals surface area contributed by atoms with Gasteiger partial charge in [0.05, 0.1) is 24.1 Å². The minimum atomic E-state index is -3.52. The van der Waals surface area contributed by atoms with E-state index < -0.39 is 21.8 Å². The molecule has 152 valence electrons. The number of nitrogens with one attached hydrogen (secondary N) is 1. The fraction of sp³-hybridized carbons (Fsp3) is 0.200. The van der Waals surface area contributed by atoms with Gasteiger partial charge in [-0.1, -0.05) is 24.8 Å². The number of nitrogens with zero attached hydrogens (tertiary/aromatic N) is 2. The molecule has 2 amide bonds. The van der Waals surface area contributed by atoms with Crippen molar-refractivity contribution in [1.82, 2.24) is 4.90 Å². The van der Waals surface area contributed by atoms with Crippen LogP contribution in [-0.2, 0) is 21.4 Å². The van der Waals surface area contributed by atoms with Crippen molar-refractivity contribution >= 4 is 33.2 Å². The van der Waals surface area contributed by atoms with E-state index in [0.29, 0.717) is 16.9 Å². The highest BCUT2D eigenvalue weighted by Gasteiger charge is 2.28. The Labute approximate surface area is 169 Å². The monoisotopic (exact) mass is 415 g/mol. The summed E-state index contributed by atoms with van der Waals surface area (Å²) in [6, 6.07) is 11.1. The van der Waals surface area contributed by atoms with Gasteiger partial charge in [0.2, 0.25) is 15.9 Å². The highest BCUT2D eigenvalue weighted by atomic mass is 32.2. The number of carbonyl (C=O) groups is 2. The predicted molar refractivity (Wildman–Crippen MR) is 110 cm³/mol. The Kier molecular flexibility index (Phi) is 5.60. The lowest BCUT2D eigenvalue weighted by Gasteiger charge is -2.23. The molecule has 9 heteroatoms. The molecule has 0 saturated carbocycles. The number of hydrogen-bond acceptors (Lipinski definition) is 5. The van der Waals surface area contributed by atoms with Crippen LogP contribution in [0.2, 0.25) is 0 Å². The van der Waals surface area contributed by atoms with Crippen LogP contribution in [-0.4, -0.2) is 49.6 Å². The average molecular weight is 415 g/mol. The molecule has 1 aliphatic rings. The van der Waals surface area contributed by atoms with Gasteiger partial charge in [0.15, 0.2) is 0 Å². The molecule has 0 aromatic heterocycles. The van der Waals surface area contributed by atoms with E-state index in [2.05, 4.69) is 11.9 Å². The van der Waals surface area contributed by atoms with Crippen LogP contribution >= 0.6 is 0 Å². The van der Waals surface area contributed by atoms with E-state index in [0.717, 1.165) is 12.3 Å². The summed E-state index contributed by atoms with van der Waals surface area (Å²) in [5, 5.41) is 12.7. The molecule has 0 saturated heterocycles. The Morgan fingerprint density at radius 1 is 1.17 bits per heavy atom. The van der Waals surface area contributed by atoms with Gasteiger partial charge < -0.3 is 15.3 Å². The number of amides is 2. The molecule has 0 bridgehead atoms. The second-order valence-electron chi connectivity index (χ2n) is 6.62. The first-order chi connectivity index (χ1) is 13.7. The normalized spacial score (nSPS) is 14.0. The van der Waals surface area contributed by atoms with Crippen molar-refractivity contribution in [2.24, 2.45) is 0 Å². The Morgan fingerprint density at radius 3 is 2.59 bits per heavy atom. The van der Waals surface area contributed by atoms with E-state index >= 15 is 0 Å². The number of aromatic hydroxyl groups is 1. The lowest BCUT2D eigenvalue weighted by Crippen LogP contribution is -2.37. The van der Waals surface area contributed by atoms with Crippen LogP contribution in [0.5, 0.6) is 5.75 Å². The van der Waals surface area contributed by atoms with Gasteiger partial charge >= 0.3 is 0 Å². The maximum atomic E-state index is 13.1. The Bertz CT molecular complexity index is 1080. The molecule has 2 N–H and O–H groups in total. The van der Waals surface area contributed by atoms with Crippen molar-refractivity contribution in [2.45, 2.75) is 6.54 Å². The first-order valence-corrected chi connectivity index (χ1v) is 10.7. The van der Waals surface area contributed by atoms with Crippen LogP contribution in [0, 0.1) is 0 Å². The summed E-state index contributed by atoms with van der Waals surface area (Å²) >= 11 is 0. The molecular formula is C20H21N3O5S. The third-order valence-electron chi connectivity index (χ3n) is 4.56. The second-order valence-corrected chi connectivity index (χ2v) is 8.52. The minimum absolute atomic E-state index is 0.0112. The zero-order chi connectivity index (χ0) is 21.2. The topological polar surface area (TPSA) is 107 Å². The molecule has 0 radical (unpaired) electrons. The van der Waals surface area contributed by atoms with Gasteiger partial charge in [0.25, 0.3) is 5.91 Å². The second kappa shape index (κ2) is 7.96. The number of hydrogen-bond donors (Lipinski definition) is 2. The highest BCUT2D eigenvalue weighted by Crippen LogP contribution is 2.29. The number of fused-ring (bicyclic) bond motifs is 1. The molecule has 1 heterocycles. The van der Waals surface area contributed by atoms with E-state index in [-0.39, 0.29) is 30.9 Å². The molecule has 0 atom stereocenters. The summed E-state index contributed by atoms with van der Waals surface area (Å²) in [5.41, 5.74) is 1.56. The van der Waals surface area contributed by atoms with E-state index in [1.165, 1.54) is 27.4 Å². The van der Waals surface area contributed by atoms with Crippen LogP contribution in [0.1, 0.15) is 15.9 Å². The van der Waals surface area contributed by atoms with Crippen LogP contribution in [0.4, 0.5) is 11.4 Å². The fourth-order valence-electron chi connectivity index (χ4n) is 3.17. The smallest absolute Gasteiger partial charge is 0.258 e. The van der Waals surface area contributed by atoms with Crippen LogP contribution in [0.25, 0.3) is 0 Å². The summed E-state index contributed by atoms with van der Waals surface area (Å²) in [6.07, 6.45) is 2.22. The van der Waals surface area contributed by atoms with Crippen molar-refractivity contribution in [3.8, 4) is 5.75 Å². The molecule has 2 aromatic carbocycles. The molecule has 0 fully saturated rings. The van der Waals surface area contributed by atoms with Gasteiger partial charge in [0.1, 0.15) is 5.75 Å². The zero-order valence-corrected chi connectivity index (χ0v) is 16.6. The Morgan fingerprint density at radius 2 is 1.90 bits per heavy atom. The van der Waals surface area contributed by atoms with E-state index in [4.69, 9.17) is 0 Å². The summed E-state index contributed by atoms with van der Waals surface area (Å²) in [4.78, 5) is 26.1. The molecule has 2 aromatic rings. The zero-order valence-electron chi connectivity index (χ0n) is 15.8. The van der Waals surface area contributed by atoms with Gasteiger partial charge in [-0.2, -0.15) is 0 Å². The van der Waals surface area contributed by atoms with Gasteiger partial charge in [-0.3, -0.25) is 13.9 Å². The number of phenols is 1. The van der Waals surface area contributed by atoms with Crippen molar-refractivity contribution in [2.75, 3.05) is 29.0 Å². The number of para-hydroxylation sites is 1. The molecule has 8 nitrogen and oxygen atoms in total. The highest BCUT2D eigenvalue weighted by molar-refractivity contribution is 7.92. The van der Waals surface area contributed by atoms with Crippen LogP contribution in [0.3, 0.4) is 0 Å². The van der Waals surface area contributed by atoms with Gasteiger partial charge in [-0.05, 0) is 35.9 Å². The number of carbonyl (C=O) groups excluding carboxylic acids is 2. The largest absolute Gasteiger partial charge is 0.507 e. The molecule has 0 unspecified atom stereocenters. The number of rotatable bonds is 4. The quantitative estimate of drug-likeness (QED) is 0.586. The molecular weight excluding hydrogens is 394 g/mol. The third kappa shape index (κ3) is 4.40. The Balaban J connectivity index is 1.94. The van der Waals surface area contributed by atoms with Crippen molar-refractivity contribution in [3.05, 3.63) is 66.2 Å². The lowest BCUT2D eigenvalue weighted by atomic mass is 10.1. The van der Waals surface area contributed by atoms with Gasteiger partial charge in [-0.15, -0.1) is 0 Å². The average Bonchev–Trinajstić information content (AvgIpc) is 2.88. The number of benzene rings is 2. The number of sulfonamides is 1. The van der Waals surface area contributed by atoms with Gasteiger partial charge in [0, 0.05) is 18.8 Å². The minimum Gasteiger partial charge on any atom is -0.507 e. The van der Waals surface area contributed by atoms with E-state index in [1.54, 1.807) is 24.3 Å². The molecule has 3 rings (SSSR count). The first kappa shape index (κ1) is 20.4. The molecule has 0 aliphatic carbocycles. The predicted octanol–water partition coefficient (Wildman–Crippen LogP) is 1.94. The van der Waals surface area contributed by atoms with E-state index in [9.17, 15) is 23.1 Å². The fourth-order valence-corrected chi connectivity index (χ4v) is 4.12. The van der Waals surface area contributed by atoms with Crippen LogP contribution in [0.15, 0.2) is 55.1 Å². The number of anilines is 2. The van der Waals surface area contributed by atoms with Crippen LogP contribution < -0.4 is 9.62 Å². The molecule has 0 spiro atoms. The first-order valence-electron chi connectivity index (χ1n) is 8.82. The van der Waals surface area contributed by atoms with Crippen molar-refractivity contribution in [1.29, 1.82) is 0 Å². The maximum Gasteiger partial charge on any atom is 0.258 e. The maximum absolute atomic E-state index is 13.1. The summed E-state index contributed by atoms with van der Waals surface area (Å²) in [7, 11) is -3.52. The Hall–Kier alpha value is -3.33.